The fourth-order valence-corrected chi connectivity index (χ4v) is 2.17. The van der Waals surface area contributed by atoms with Crippen molar-refractivity contribution in [2.75, 3.05) is 7.11 Å². The van der Waals surface area contributed by atoms with Gasteiger partial charge in [-0.25, -0.2) is 0 Å². The first-order chi connectivity index (χ1) is 10.0. The molecule has 112 valence electrons. The number of hydrogen-bond donors (Lipinski definition) is 2. The molecule has 1 amide bonds. The molecule has 2 N–H and O–H groups in total. The molecular weight excluding hydrogens is 288 g/mol. The van der Waals surface area contributed by atoms with Gasteiger partial charge in [0.2, 0.25) is 5.91 Å². The molecule has 21 heavy (non-hydrogen) atoms. The Labute approximate surface area is 128 Å². The van der Waals surface area contributed by atoms with Gasteiger partial charge in [-0.2, -0.15) is 5.10 Å². The molecule has 0 aliphatic heterocycles. The Bertz CT molecular complexity index is 675. The predicted molar refractivity (Wildman–Crippen MR) is 81.6 cm³/mol. The van der Waals surface area contributed by atoms with Crippen molar-refractivity contribution in [2.24, 2.45) is 7.05 Å². The molecule has 1 atom stereocenters. The molecule has 0 fully saturated rings. The summed E-state index contributed by atoms with van der Waals surface area (Å²) in [5, 5.41) is 9.72. The summed E-state index contributed by atoms with van der Waals surface area (Å²) in [6.07, 6.45) is 0.309. The van der Waals surface area contributed by atoms with E-state index in [2.05, 4.69) is 15.5 Å². The third-order valence-electron chi connectivity index (χ3n) is 3.20. The van der Waals surface area contributed by atoms with Crippen LogP contribution in [0, 0.1) is 4.77 Å². The molecule has 0 saturated carbocycles. The topological polar surface area (TPSA) is 71.9 Å². The van der Waals surface area contributed by atoms with Gasteiger partial charge in [-0.3, -0.25) is 9.89 Å². The van der Waals surface area contributed by atoms with Crippen LogP contribution in [0.4, 0.5) is 0 Å². The summed E-state index contributed by atoms with van der Waals surface area (Å²) in [4.78, 5) is 12.1. The highest BCUT2D eigenvalue weighted by Gasteiger charge is 2.14. The van der Waals surface area contributed by atoms with Crippen molar-refractivity contribution in [1.29, 1.82) is 0 Å². The van der Waals surface area contributed by atoms with Crippen LogP contribution in [0.15, 0.2) is 24.3 Å². The van der Waals surface area contributed by atoms with Crippen LogP contribution in [0.3, 0.4) is 0 Å². The van der Waals surface area contributed by atoms with E-state index in [-0.39, 0.29) is 11.9 Å². The first-order valence-corrected chi connectivity index (χ1v) is 6.95. The van der Waals surface area contributed by atoms with E-state index in [0.717, 1.165) is 11.3 Å². The third kappa shape index (κ3) is 3.69. The molecule has 0 saturated heterocycles. The van der Waals surface area contributed by atoms with Crippen LogP contribution in [0.2, 0.25) is 0 Å². The molecule has 1 aromatic carbocycles. The molecule has 2 rings (SSSR count). The van der Waals surface area contributed by atoms with E-state index >= 15 is 0 Å². The van der Waals surface area contributed by atoms with Crippen LogP contribution in [0.25, 0.3) is 0 Å². The van der Waals surface area contributed by atoms with Gasteiger partial charge in [-0.1, -0.05) is 12.1 Å². The number of carbonyl (C=O) groups is 1. The summed E-state index contributed by atoms with van der Waals surface area (Å²) >= 11 is 5.06. The van der Waals surface area contributed by atoms with Crippen LogP contribution < -0.4 is 10.1 Å². The number of aromatic amines is 1. The van der Waals surface area contributed by atoms with Crippen LogP contribution in [-0.4, -0.2) is 27.8 Å². The average molecular weight is 306 g/mol. The Kier molecular flexibility index (Phi) is 4.74. The molecule has 0 aliphatic rings. The zero-order chi connectivity index (χ0) is 15.4. The Morgan fingerprint density at radius 2 is 2.14 bits per heavy atom. The van der Waals surface area contributed by atoms with Crippen molar-refractivity contribution in [3.05, 3.63) is 40.4 Å². The molecule has 1 heterocycles. The second kappa shape index (κ2) is 6.53. The number of ether oxygens (including phenoxy) is 1. The lowest BCUT2D eigenvalue weighted by molar-refractivity contribution is -0.121. The van der Waals surface area contributed by atoms with E-state index in [1.165, 1.54) is 0 Å². The molecular formula is C14H18N4O2S. The number of hydrogen-bond acceptors (Lipinski definition) is 4. The van der Waals surface area contributed by atoms with Gasteiger partial charge in [0.1, 0.15) is 5.75 Å². The Morgan fingerprint density at radius 1 is 1.48 bits per heavy atom. The van der Waals surface area contributed by atoms with Crippen molar-refractivity contribution < 1.29 is 9.53 Å². The number of methoxy groups -OCH3 is 1. The minimum absolute atomic E-state index is 0.0680. The predicted octanol–water partition coefficient (Wildman–Crippen LogP) is 1.91. The summed E-state index contributed by atoms with van der Waals surface area (Å²) in [5.41, 5.74) is 0.927. The number of nitrogens with one attached hydrogen (secondary N) is 2. The molecule has 0 bridgehead atoms. The van der Waals surface area contributed by atoms with E-state index in [9.17, 15) is 4.79 Å². The lowest BCUT2D eigenvalue weighted by Crippen LogP contribution is -2.29. The van der Waals surface area contributed by atoms with Crippen molar-refractivity contribution in [1.82, 2.24) is 20.1 Å². The van der Waals surface area contributed by atoms with Gasteiger partial charge < -0.3 is 14.6 Å². The number of amides is 1. The second-order valence-electron chi connectivity index (χ2n) is 4.76. The third-order valence-corrected chi connectivity index (χ3v) is 3.57. The fraction of sp³-hybridized carbons (Fsp3) is 0.357. The standard InChI is InChI=1S/C14H18N4O2S/c1-9(13-16-17-14(21)18(13)2)15-12(19)8-10-4-6-11(20-3)7-5-10/h4-7,9H,8H2,1-3H3,(H,15,19)(H,17,21). The first kappa shape index (κ1) is 15.2. The number of benzene rings is 1. The van der Waals surface area contributed by atoms with Gasteiger partial charge in [0, 0.05) is 7.05 Å². The van der Waals surface area contributed by atoms with Gasteiger partial charge >= 0.3 is 0 Å². The largest absolute Gasteiger partial charge is 0.497 e. The Morgan fingerprint density at radius 3 is 2.67 bits per heavy atom. The molecule has 0 spiro atoms. The highest BCUT2D eigenvalue weighted by Crippen LogP contribution is 2.13. The highest BCUT2D eigenvalue weighted by molar-refractivity contribution is 7.71. The van der Waals surface area contributed by atoms with Crippen LogP contribution >= 0.6 is 12.2 Å². The number of carbonyl (C=O) groups excluding carboxylic acids is 1. The molecule has 2 aromatic rings. The van der Waals surface area contributed by atoms with Crippen LogP contribution in [0.5, 0.6) is 5.75 Å². The number of aromatic nitrogens is 3. The summed E-state index contributed by atoms with van der Waals surface area (Å²) in [7, 11) is 3.42. The summed E-state index contributed by atoms with van der Waals surface area (Å²) in [5.74, 6) is 1.40. The van der Waals surface area contributed by atoms with Crippen molar-refractivity contribution in [3.63, 3.8) is 0 Å². The van der Waals surface area contributed by atoms with Gasteiger partial charge in [0.15, 0.2) is 10.6 Å². The van der Waals surface area contributed by atoms with Crippen LogP contribution in [0.1, 0.15) is 24.4 Å². The van der Waals surface area contributed by atoms with Gasteiger partial charge in [0.25, 0.3) is 0 Å². The molecule has 1 unspecified atom stereocenters. The number of rotatable bonds is 5. The maximum atomic E-state index is 12.1. The smallest absolute Gasteiger partial charge is 0.224 e. The molecule has 1 aromatic heterocycles. The van der Waals surface area contributed by atoms with Gasteiger partial charge in [-0.15, -0.1) is 0 Å². The lowest BCUT2D eigenvalue weighted by Gasteiger charge is -2.13. The Hall–Kier alpha value is -2.15. The van der Waals surface area contributed by atoms with E-state index in [0.29, 0.717) is 17.0 Å². The minimum atomic E-state index is -0.214. The van der Waals surface area contributed by atoms with Crippen molar-refractivity contribution in [3.8, 4) is 5.75 Å². The molecule has 0 aliphatic carbocycles. The zero-order valence-corrected chi connectivity index (χ0v) is 13.0. The average Bonchev–Trinajstić information content (AvgIpc) is 2.79. The number of nitrogens with zero attached hydrogens (tertiary/aromatic N) is 2. The normalized spacial score (nSPS) is 12.0. The Balaban J connectivity index is 1.97. The fourth-order valence-electron chi connectivity index (χ4n) is 2.03. The molecule has 6 nitrogen and oxygen atoms in total. The van der Waals surface area contributed by atoms with Crippen molar-refractivity contribution >= 4 is 18.1 Å². The quantitative estimate of drug-likeness (QED) is 0.828. The summed E-state index contributed by atoms with van der Waals surface area (Å²) in [6, 6.07) is 7.21. The zero-order valence-electron chi connectivity index (χ0n) is 12.2. The van der Waals surface area contributed by atoms with E-state index in [1.807, 2.05) is 38.2 Å². The molecule has 0 radical (unpaired) electrons. The SMILES string of the molecule is COc1ccc(CC(=O)NC(C)c2n[nH]c(=S)n2C)cc1. The first-order valence-electron chi connectivity index (χ1n) is 6.55. The molecule has 7 heteroatoms. The summed E-state index contributed by atoms with van der Waals surface area (Å²) in [6.45, 7) is 1.87. The van der Waals surface area contributed by atoms with E-state index < -0.39 is 0 Å². The minimum Gasteiger partial charge on any atom is -0.497 e. The summed E-state index contributed by atoms with van der Waals surface area (Å²) < 4.78 is 7.36. The van der Waals surface area contributed by atoms with Crippen molar-refractivity contribution in [2.45, 2.75) is 19.4 Å². The van der Waals surface area contributed by atoms with E-state index in [1.54, 1.807) is 11.7 Å². The van der Waals surface area contributed by atoms with Gasteiger partial charge in [0.05, 0.1) is 19.6 Å². The highest BCUT2D eigenvalue weighted by atomic mass is 32.1. The maximum absolute atomic E-state index is 12.1. The second-order valence-corrected chi connectivity index (χ2v) is 5.15. The van der Waals surface area contributed by atoms with Gasteiger partial charge in [-0.05, 0) is 36.8 Å². The van der Waals surface area contributed by atoms with E-state index in [4.69, 9.17) is 17.0 Å². The monoisotopic (exact) mass is 306 g/mol. The lowest BCUT2D eigenvalue weighted by atomic mass is 10.1. The number of H-pyrrole nitrogens is 1. The van der Waals surface area contributed by atoms with Crippen LogP contribution in [-0.2, 0) is 18.3 Å². The maximum Gasteiger partial charge on any atom is 0.224 e.